The van der Waals surface area contributed by atoms with E-state index in [0.717, 1.165) is 0 Å². The number of ether oxygens (including phenoxy) is 1. The maximum Gasteiger partial charge on any atom is 0.231 e. The summed E-state index contributed by atoms with van der Waals surface area (Å²) in [5, 5.41) is 7.37. The van der Waals surface area contributed by atoms with Gasteiger partial charge in [0.05, 0.1) is 5.92 Å². The number of rotatable bonds is 6. The van der Waals surface area contributed by atoms with E-state index >= 15 is 0 Å². The minimum absolute atomic E-state index is 0.0614. The molecule has 0 aliphatic heterocycles. The predicted octanol–water partition coefficient (Wildman–Crippen LogP) is 3.02. The molecule has 2 rings (SSSR count). The summed E-state index contributed by atoms with van der Waals surface area (Å²) in [6, 6.07) is 10.4. The van der Waals surface area contributed by atoms with Crippen molar-refractivity contribution in [2.24, 2.45) is 0 Å². The van der Waals surface area contributed by atoms with Gasteiger partial charge in [-0.15, -0.1) is 0 Å². The highest BCUT2D eigenvalue weighted by atomic mass is 16.5. The van der Waals surface area contributed by atoms with Gasteiger partial charge in [0.25, 0.3) is 0 Å². The van der Waals surface area contributed by atoms with Gasteiger partial charge >= 0.3 is 0 Å². The van der Waals surface area contributed by atoms with Crippen LogP contribution < -0.4 is 5.32 Å². The van der Waals surface area contributed by atoms with Crippen LogP contribution in [0.1, 0.15) is 50.0 Å². The van der Waals surface area contributed by atoms with Crippen molar-refractivity contribution in [3.8, 4) is 0 Å². The van der Waals surface area contributed by atoms with Crippen molar-refractivity contribution in [2.75, 3.05) is 14.2 Å². The standard InChI is InChI=1S/C16H23N3O2/c1-11(13(17-4)12-9-7-6-8-10-12)14-18-15(19-21-14)16(2,3)20-5/h6-11,13,17H,1-5H3. The lowest BCUT2D eigenvalue weighted by atomic mass is 9.94. The molecule has 5 heteroatoms. The first-order valence-electron chi connectivity index (χ1n) is 7.11. The second kappa shape index (κ2) is 6.37. The Morgan fingerprint density at radius 1 is 1.24 bits per heavy atom. The van der Waals surface area contributed by atoms with Crippen molar-refractivity contribution in [1.82, 2.24) is 15.5 Å². The molecule has 0 radical (unpaired) electrons. The van der Waals surface area contributed by atoms with Crippen LogP contribution in [0.3, 0.4) is 0 Å². The van der Waals surface area contributed by atoms with Gasteiger partial charge < -0.3 is 14.6 Å². The zero-order valence-corrected chi connectivity index (χ0v) is 13.3. The zero-order chi connectivity index (χ0) is 15.5. The monoisotopic (exact) mass is 289 g/mol. The first-order valence-corrected chi connectivity index (χ1v) is 7.11. The lowest BCUT2D eigenvalue weighted by molar-refractivity contribution is 0.00973. The summed E-state index contributed by atoms with van der Waals surface area (Å²) < 4.78 is 10.8. The summed E-state index contributed by atoms with van der Waals surface area (Å²) in [6.45, 7) is 5.91. The summed E-state index contributed by atoms with van der Waals surface area (Å²) in [6.07, 6.45) is 0. The quantitative estimate of drug-likeness (QED) is 0.885. The van der Waals surface area contributed by atoms with Crippen molar-refractivity contribution in [2.45, 2.75) is 38.3 Å². The van der Waals surface area contributed by atoms with Crippen LogP contribution in [-0.4, -0.2) is 24.3 Å². The summed E-state index contributed by atoms with van der Waals surface area (Å²) >= 11 is 0. The molecule has 2 unspecified atom stereocenters. The summed E-state index contributed by atoms with van der Waals surface area (Å²) in [5.41, 5.74) is 0.641. The second-order valence-corrected chi connectivity index (χ2v) is 5.64. The van der Waals surface area contributed by atoms with Gasteiger partial charge in [0.2, 0.25) is 11.7 Å². The Bertz CT molecular complexity index is 566. The van der Waals surface area contributed by atoms with E-state index in [9.17, 15) is 0 Å². The average molecular weight is 289 g/mol. The van der Waals surface area contributed by atoms with Crippen LogP contribution in [0.15, 0.2) is 34.9 Å². The highest BCUT2D eigenvalue weighted by Gasteiger charge is 2.30. The van der Waals surface area contributed by atoms with Crippen LogP contribution in [0.25, 0.3) is 0 Å². The number of hydrogen-bond donors (Lipinski definition) is 1. The largest absolute Gasteiger partial charge is 0.371 e. The minimum atomic E-state index is -0.552. The van der Waals surface area contributed by atoms with Crippen LogP contribution in [-0.2, 0) is 10.3 Å². The fourth-order valence-electron chi connectivity index (χ4n) is 2.26. The topological polar surface area (TPSA) is 60.2 Å². The van der Waals surface area contributed by atoms with E-state index in [4.69, 9.17) is 9.26 Å². The van der Waals surface area contributed by atoms with Gasteiger partial charge in [0, 0.05) is 13.2 Å². The van der Waals surface area contributed by atoms with E-state index < -0.39 is 5.60 Å². The maximum absolute atomic E-state index is 5.44. The Balaban J connectivity index is 2.25. The molecule has 0 saturated carbocycles. The fraction of sp³-hybridized carbons (Fsp3) is 0.500. The van der Waals surface area contributed by atoms with Crippen molar-refractivity contribution in [3.05, 3.63) is 47.6 Å². The number of nitrogens with zero attached hydrogens (tertiary/aromatic N) is 2. The van der Waals surface area contributed by atoms with Crippen LogP contribution in [0.5, 0.6) is 0 Å². The Morgan fingerprint density at radius 2 is 1.90 bits per heavy atom. The number of nitrogens with one attached hydrogen (secondary N) is 1. The Hall–Kier alpha value is -1.72. The normalized spacial score (nSPS) is 14.9. The molecule has 2 aromatic rings. The van der Waals surface area contributed by atoms with Crippen molar-refractivity contribution < 1.29 is 9.26 Å². The molecular weight excluding hydrogens is 266 g/mol. The third-order valence-electron chi connectivity index (χ3n) is 3.85. The van der Waals surface area contributed by atoms with Crippen molar-refractivity contribution in [3.63, 3.8) is 0 Å². The third kappa shape index (κ3) is 3.31. The molecule has 5 nitrogen and oxygen atoms in total. The van der Waals surface area contributed by atoms with Gasteiger partial charge in [0.15, 0.2) is 0 Å². The lowest BCUT2D eigenvalue weighted by Crippen LogP contribution is -2.23. The Morgan fingerprint density at radius 3 is 2.48 bits per heavy atom. The Labute approximate surface area is 125 Å². The van der Waals surface area contributed by atoms with E-state index in [1.165, 1.54) is 5.56 Å². The summed E-state index contributed by atoms with van der Waals surface area (Å²) in [7, 11) is 3.57. The Kier molecular flexibility index (Phi) is 4.75. The summed E-state index contributed by atoms with van der Waals surface area (Å²) in [4.78, 5) is 4.50. The molecule has 0 aliphatic rings. The first kappa shape index (κ1) is 15.7. The van der Waals surface area contributed by atoms with Gasteiger partial charge in [-0.25, -0.2) is 0 Å². The molecule has 0 amide bonds. The molecule has 1 heterocycles. The van der Waals surface area contributed by atoms with Crippen LogP contribution >= 0.6 is 0 Å². The molecule has 1 N–H and O–H groups in total. The molecule has 0 spiro atoms. The molecule has 0 aliphatic carbocycles. The van der Waals surface area contributed by atoms with E-state index in [-0.39, 0.29) is 12.0 Å². The van der Waals surface area contributed by atoms with Crippen molar-refractivity contribution >= 4 is 0 Å². The minimum Gasteiger partial charge on any atom is -0.371 e. The second-order valence-electron chi connectivity index (χ2n) is 5.64. The first-order chi connectivity index (χ1) is 9.99. The number of benzene rings is 1. The molecule has 0 bridgehead atoms. The number of aromatic nitrogens is 2. The smallest absolute Gasteiger partial charge is 0.231 e. The van der Waals surface area contributed by atoms with Crippen LogP contribution in [0.4, 0.5) is 0 Å². The molecular formula is C16H23N3O2. The molecule has 1 aromatic heterocycles. The third-order valence-corrected chi connectivity index (χ3v) is 3.85. The molecule has 1 aromatic carbocycles. The van der Waals surface area contributed by atoms with Gasteiger partial charge in [-0.1, -0.05) is 42.4 Å². The summed E-state index contributed by atoms with van der Waals surface area (Å²) in [5.74, 6) is 1.24. The highest BCUT2D eigenvalue weighted by Crippen LogP contribution is 2.30. The zero-order valence-electron chi connectivity index (χ0n) is 13.3. The van der Waals surface area contributed by atoms with E-state index in [0.29, 0.717) is 11.7 Å². The van der Waals surface area contributed by atoms with Gasteiger partial charge in [-0.05, 0) is 26.5 Å². The lowest BCUT2D eigenvalue weighted by Gasteiger charge is -2.21. The van der Waals surface area contributed by atoms with E-state index in [1.54, 1.807) is 7.11 Å². The number of hydrogen-bond acceptors (Lipinski definition) is 5. The van der Waals surface area contributed by atoms with Gasteiger partial charge in [-0.3, -0.25) is 0 Å². The highest BCUT2D eigenvalue weighted by molar-refractivity contribution is 5.22. The predicted molar refractivity (Wildman–Crippen MR) is 81.0 cm³/mol. The number of likely N-dealkylation sites (N-methyl/N-ethyl adjacent to an activating group) is 1. The van der Waals surface area contributed by atoms with Gasteiger partial charge in [0.1, 0.15) is 5.60 Å². The number of methoxy groups -OCH3 is 1. The van der Waals surface area contributed by atoms with E-state index in [2.05, 4.69) is 34.5 Å². The van der Waals surface area contributed by atoms with Gasteiger partial charge in [-0.2, -0.15) is 4.98 Å². The van der Waals surface area contributed by atoms with Crippen LogP contribution in [0, 0.1) is 0 Å². The van der Waals surface area contributed by atoms with Crippen LogP contribution in [0.2, 0.25) is 0 Å². The molecule has 21 heavy (non-hydrogen) atoms. The molecule has 2 atom stereocenters. The maximum atomic E-state index is 5.44. The molecule has 114 valence electrons. The molecule has 0 saturated heterocycles. The fourth-order valence-corrected chi connectivity index (χ4v) is 2.26. The average Bonchev–Trinajstić information content (AvgIpc) is 2.99. The van der Waals surface area contributed by atoms with E-state index in [1.807, 2.05) is 39.1 Å². The molecule has 0 fully saturated rings. The van der Waals surface area contributed by atoms with Crippen molar-refractivity contribution in [1.29, 1.82) is 0 Å². The SMILES string of the molecule is CNC(c1ccccc1)C(C)c1nc(C(C)(C)OC)no1.